The minimum Gasteiger partial charge on any atom is -0.495 e. The van der Waals surface area contributed by atoms with Gasteiger partial charge in [0.15, 0.2) is 0 Å². The lowest BCUT2D eigenvalue weighted by molar-refractivity contribution is 0.0875. The highest BCUT2D eigenvalue weighted by molar-refractivity contribution is 5.68. The van der Waals surface area contributed by atoms with Crippen LogP contribution in [0.3, 0.4) is 0 Å². The number of nitrogens with zero attached hydrogens (tertiary/aromatic N) is 1. The number of carbonyl (C=O) groups is 1. The zero-order valence-corrected chi connectivity index (χ0v) is 19.2. The van der Waals surface area contributed by atoms with Crippen molar-refractivity contribution in [1.29, 1.82) is 5.26 Å². The summed E-state index contributed by atoms with van der Waals surface area (Å²) in [6.45, 7) is 10.0. The van der Waals surface area contributed by atoms with E-state index in [1.165, 1.54) is 7.11 Å². The molecule has 0 saturated carbocycles. The number of hydrogen-bond acceptors (Lipinski definition) is 6. The summed E-state index contributed by atoms with van der Waals surface area (Å²) in [7, 11) is 1.52. The lowest BCUT2D eigenvalue weighted by Crippen LogP contribution is -2.31. The number of amides is 1. The van der Waals surface area contributed by atoms with Gasteiger partial charge < -0.3 is 25.4 Å². The summed E-state index contributed by atoms with van der Waals surface area (Å²) in [5.74, 6) is 1.04. The van der Waals surface area contributed by atoms with E-state index in [1.54, 1.807) is 18.2 Å². The molecule has 0 saturated heterocycles. The summed E-state index contributed by atoms with van der Waals surface area (Å²) in [5.41, 5.74) is 2.96. The van der Waals surface area contributed by atoms with Crippen LogP contribution in [0.5, 0.6) is 5.75 Å². The van der Waals surface area contributed by atoms with Gasteiger partial charge in [-0.15, -0.1) is 0 Å². The fourth-order valence-corrected chi connectivity index (χ4v) is 3.24. The molecule has 0 aliphatic rings. The van der Waals surface area contributed by atoms with Crippen molar-refractivity contribution in [2.24, 2.45) is 0 Å². The molecule has 3 N–H and O–H groups in total. The summed E-state index contributed by atoms with van der Waals surface area (Å²) >= 11 is 0. The minimum absolute atomic E-state index is 0.0598. The fourth-order valence-electron chi connectivity index (χ4n) is 3.24. The van der Waals surface area contributed by atoms with Gasteiger partial charge in [-0.1, -0.05) is 39.0 Å². The van der Waals surface area contributed by atoms with E-state index in [1.807, 2.05) is 38.1 Å². The SMILES string of the molecule is C=C(Nc1cccc([C@H](C)NC(=O)OC(CC)CCC)c1)Nc1ccc(C#N)c(OC)c1. The van der Waals surface area contributed by atoms with Crippen molar-refractivity contribution in [3.05, 3.63) is 66.0 Å². The van der Waals surface area contributed by atoms with Gasteiger partial charge in [-0.25, -0.2) is 4.79 Å². The van der Waals surface area contributed by atoms with Crippen molar-refractivity contribution < 1.29 is 14.3 Å². The van der Waals surface area contributed by atoms with Gasteiger partial charge in [0.2, 0.25) is 0 Å². The molecule has 2 aromatic rings. The molecule has 0 bridgehead atoms. The molecule has 0 radical (unpaired) electrons. The van der Waals surface area contributed by atoms with Gasteiger partial charge in [-0.05, 0) is 49.6 Å². The minimum atomic E-state index is -0.406. The quantitative estimate of drug-likeness (QED) is 0.404. The second kappa shape index (κ2) is 12.3. The van der Waals surface area contributed by atoms with Crippen LogP contribution in [0, 0.1) is 11.3 Å². The van der Waals surface area contributed by atoms with Crippen LogP contribution < -0.4 is 20.7 Å². The van der Waals surface area contributed by atoms with Crippen LogP contribution in [0.2, 0.25) is 0 Å². The molecule has 0 fully saturated rings. The standard InChI is InChI=1S/C25H32N4O3/c1-6-9-23(7-2)32-25(30)27-17(3)19-10-8-11-21(14-19)28-18(4)29-22-13-12-20(16-26)24(15-22)31-5/h8,10-15,17,23,28-29H,4,6-7,9H2,1-3,5H3,(H,27,30)/t17-,23?/m0/s1. The molecule has 1 unspecified atom stereocenters. The maximum atomic E-state index is 12.2. The van der Waals surface area contributed by atoms with Crippen LogP contribution in [-0.4, -0.2) is 19.3 Å². The number of ether oxygens (including phenoxy) is 2. The molecule has 7 heteroatoms. The van der Waals surface area contributed by atoms with Crippen molar-refractivity contribution >= 4 is 17.5 Å². The van der Waals surface area contributed by atoms with E-state index < -0.39 is 6.09 Å². The molecule has 0 aliphatic heterocycles. The zero-order valence-electron chi connectivity index (χ0n) is 19.2. The van der Waals surface area contributed by atoms with E-state index >= 15 is 0 Å². The first-order valence-electron chi connectivity index (χ1n) is 10.8. The first kappa shape index (κ1) is 24.6. The average molecular weight is 437 g/mol. The molecule has 0 aromatic heterocycles. The highest BCUT2D eigenvalue weighted by atomic mass is 16.6. The number of carbonyl (C=O) groups excluding carboxylic acids is 1. The Kier molecular flexibility index (Phi) is 9.43. The Balaban J connectivity index is 1.98. The Morgan fingerprint density at radius 1 is 1.16 bits per heavy atom. The van der Waals surface area contributed by atoms with E-state index in [0.717, 1.165) is 36.2 Å². The normalized spacial score (nSPS) is 12.1. The maximum absolute atomic E-state index is 12.2. The van der Waals surface area contributed by atoms with Gasteiger partial charge in [0.25, 0.3) is 0 Å². The van der Waals surface area contributed by atoms with E-state index in [4.69, 9.17) is 14.7 Å². The van der Waals surface area contributed by atoms with Gasteiger partial charge >= 0.3 is 6.09 Å². The second-order valence-electron chi connectivity index (χ2n) is 7.47. The molecule has 7 nitrogen and oxygen atoms in total. The number of alkyl carbamates (subject to hydrolysis) is 1. The number of rotatable bonds is 11. The molecule has 0 spiro atoms. The number of benzene rings is 2. The van der Waals surface area contributed by atoms with Crippen molar-refractivity contribution in [3.8, 4) is 11.8 Å². The summed E-state index contributed by atoms with van der Waals surface area (Å²) < 4.78 is 10.7. The molecule has 2 aromatic carbocycles. The average Bonchev–Trinajstić information content (AvgIpc) is 2.78. The number of anilines is 2. The first-order chi connectivity index (χ1) is 15.4. The van der Waals surface area contributed by atoms with Crippen LogP contribution in [0.25, 0.3) is 0 Å². The predicted octanol–water partition coefficient (Wildman–Crippen LogP) is 5.93. The fraction of sp³-hybridized carbons (Fsp3) is 0.360. The third kappa shape index (κ3) is 7.24. The molecular formula is C25H32N4O3. The van der Waals surface area contributed by atoms with E-state index in [9.17, 15) is 4.79 Å². The highest BCUT2D eigenvalue weighted by Gasteiger charge is 2.15. The topological polar surface area (TPSA) is 95.4 Å². The van der Waals surface area contributed by atoms with Crippen molar-refractivity contribution in [2.75, 3.05) is 17.7 Å². The summed E-state index contributed by atoms with van der Waals surface area (Å²) in [6, 6.07) is 14.8. The molecular weight excluding hydrogens is 404 g/mol. The molecule has 2 atom stereocenters. The van der Waals surface area contributed by atoms with Crippen molar-refractivity contribution in [3.63, 3.8) is 0 Å². The Bertz CT molecular complexity index is 968. The molecule has 170 valence electrons. The molecule has 2 rings (SSSR count). The maximum Gasteiger partial charge on any atom is 0.407 e. The van der Waals surface area contributed by atoms with Gasteiger partial charge in [0.05, 0.1) is 18.7 Å². The van der Waals surface area contributed by atoms with Gasteiger partial charge in [-0.3, -0.25) is 0 Å². The molecule has 32 heavy (non-hydrogen) atoms. The van der Waals surface area contributed by atoms with E-state index in [0.29, 0.717) is 17.1 Å². The molecule has 1 amide bonds. The Labute approximate surface area is 190 Å². The number of methoxy groups -OCH3 is 1. The highest BCUT2D eigenvalue weighted by Crippen LogP contribution is 2.24. The summed E-state index contributed by atoms with van der Waals surface area (Å²) in [5, 5.41) is 18.4. The van der Waals surface area contributed by atoms with Crippen molar-refractivity contribution in [2.45, 2.75) is 52.2 Å². The Morgan fingerprint density at radius 2 is 1.88 bits per heavy atom. The number of hydrogen-bond donors (Lipinski definition) is 3. The van der Waals surface area contributed by atoms with E-state index in [2.05, 4.69) is 35.5 Å². The lowest BCUT2D eigenvalue weighted by atomic mass is 10.1. The van der Waals surface area contributed by atoms with Crippen LogP contribution in [0.4, 0.5) is 16.2 Å². The summed E-state index contributed by atoms with van der Waals surface area (Å²) in [4.78, 5) is 12.2. The van der Waals surface area contributed by atoms with Crippen molar-refractivity contribution in [1.82, 2.24) is 5.32 Å². The van der Waals surface area contributed by atoms with Crippen LogP contribution in [-0.2, 0) is 4.74 Å². The molecule has 0 aliphatic carbocycles. The van der Waals surface area contributed by atoms with Gasteiger partial charge in [-0.2, -0.15) is 5.26 Å². The zero-order chi connectivity index (χ0) is 23.5. The number of nitrogens with one attached hydrogen (secondary N) is 3. The van der Waals surface area contributed by atoms with E-state index in [-0.39, 0.29) is 12.1 Å². The Hall–Kier alpha value is -3.66. The van der Waals surface area contributed by atoms with Crippen LogP contribution >= 0.6 is 0 Å². The molecule has 0 heterocycles. The third-order valence-electron chi connectivity index (χ3n) is 4.97. The Morgan fingerprint density at radius 3 is 2.50 bits per heavy atom. The summed E-state index contributed by atoms with van der Waals surface area (Å²) in [6.07, 6.45) is 2.17. The monoisotopic (exact) mass is 436 g/mol. The predicted molar refractivity (Wildman–Crippen MR) is 128 cm³/mol. The number of nitriles is 1. The smallest absolute Gasteiger partial charge is 0.407 e. The third-order valence-corrected chi connectivity index (χ3v) is 4.97. The largest absolute Gasteiger partial charge is 0.495 e. The van der Waals surface area contributed by atoms with Crippen LogP contribution in [0.15, 0.2) is 54.9 Å². The lowest BCUT2D eigenvalue weighted by Gasteiger charge is -2.20. The van der Waals surface area contributed by atoms with Gasteiger partial charge in [0.1, 0.15) is 23.7 Å². The van der Waals surface area contributed by atoms with Gasteiger partial charge in [0, 0.05) is 17.4 Å². The second-order valence-corrected chi connectivity index (χ2v) is 7.47. The first-order valence-corrected chi connectivity index (χ1v) is 10.8. The van der Waals surface area contributed by atoms with Crippen LogP contribution in [0.1, 0.15) is 57.2 Å².